The second-order valence-electron chi connectivity index (χ2n) is 16.9. The van der Waals surface area contributed by atoms with E-state index >= 15 is 0 Å². The van der Waals surface area contributed by atoms with E-state index in [9.17, 15) is 48.3 Å². The van der Waals surface area contributed by atoms with Crippen molar-refractivity contribution in [3.63, 3.8) is 0 Å². The number of hydrogen-bond donors (Lipinski definition) is 11. The summed E-state index contributed by atoms with van der Waals surface area (Å²) in [5, 5.41) is 30.5. The van der Waals surface area contributed by atoms with Crippen LogP contribution in [0.3, 0.4) is 0 Å². The third kappa shape index (κ3) is 22.9. The van der Waals surface area contributed by atoms with Gasteiger partial charge >= 0.3 is 5.97 Å². The van der Waals surface area contributed by atoms with Crippen LogP contribution in [0.1, 0.15) is 101 Å². The van der Waals surface area contributed by atoms with Gasteiger partial charge in [0, 0.05) is 5.75 Å². The van der Waals surface area contributed by atoms with Crippen molar-refractivity contribution in [1.82, 2.24) is 42.5 Å². The van der Waals surface area contributed by atoms with Gasteiger partial charge in [-0.3, -0.25) is 38.4 Å². The number of carboxylic acids is 1. The maximum Gasteiger partial charge on any atom is 0.326 e. The van der Waals surface area contributed by atoms with E-state index in [-0.39, 0.29) is 42.8 Å². The van der Waals surface area contributed by atoms with Crippen molar-refractivity contribution in [2.45, 2.75) is 149 Å². The van der Waals surface area contributed by atoms with Gasteiger partial charge in [-0.25, -0.2) is 4.79 Å². The largest absolute Gasteiger partial charge is 0.480 e. The number of nitrogens with one attached hydrogen (secondary N) is 8. The minimum absolute atomic E-state index is 0.0940. The van der Waals surface area contributed by atoms with Gasteiger partial charge in [0.15, 0.2) is 0 Å². The van der Waals surface area contributed by atoms with Gasteiger partial charge < -0.3 is 53.4 Å². The van der Waals surface area contributed by atoms with Crippen molar-refractivity contribution in [1.29, 1.82) is 0 Å². The summed E-state index contributed by atoms with van der Waals surface area (Å²) < 4.78 is 0. The average molecular weight is 964 g/mol. The highest BCUT2D eigenvalue weighted by Crippen LogP contribution is 2.14. The maximum absolute atomic E-state index is 13.7. The molecular weight excluding hydrogens is 887 g/mol. The molecular formula is C42H77N9O10S3. The van der Waals surface area contributed by atoms with E-state index in [2.05, 4.69) is 55.2 Å². The van der Waals surface area contributed by atoms with Crippen LogP contribution in [0.4, 0.5) is 0 Å². The molecule has 0 radical (unpaired) electrons. The topological polar surface area (TPSA) is 296 Å². The third-order valence-electron chi connectivity index (χ3n) is 10.5. The summed E-state index contributed by atoms with van der Waals surface area (Å²) in [4.78, 5) is 118. The lowest BCUT2D eigenvalue weighted by Crippen LogP contribution is -2.60. The van der Waals surface area contributed by atoms with Gasteiger partial charge in [0.05, 0.1) is 12.6 Å². The number of carbonyl (C=O) groups is 9. The zero-order chi connectivity index (χ0) is 49.3. The molecule has 64 heavy (non-hydrogen) atoms. The molecule has 0 aliphatic heterocycles. The first-order valence-electron chi connectivity index (χ1n) is 21.9. The highest BCUT2D eigenvalue weighted by Gasteiger charge is 2.35. The van der Waals surface area contributed by atoms with Crippen LogP contribution >= 0.6 is 36.2 Å². The molecule has 0 bridgehead atoms. The molecule has 11 N–H and O–H groups in total. The molecule has 0 aromatic heterocycles. The lowest BCUT2D eigenvalue weighted by molar-refractivity contribution is -0.142. The molecule has 10 atom stereocenters. The summed E-state index contributed by atoms with van der Waals surface area (Å²) in [5.41, 5.74) is 6.02. The van der Waals surface area contributed by atoms with Crippen molar-refractivity contribution >= 4 is 89.4 Å². The number of carboxylic acid groups (broad SMARTS) is 1. The minimum Gasteiger partial charge on any atom is -0.480 e. The van der Waals surface area contributed by atoms with E-state index in [1.807, 2.05) is 54.1 Å². The van der Waals surface area contributed by atoms with Crippen molar-refractivity contribution in [3.05, 3.63) is 0 Å². The molecule has 0 rings (SSSR count). The Labute approximate surface area is 393 Å². The van der Waals surface area contributed by atoms with Crippen molar-refractivity contribution in [2.75, 3.05) is 36.3 Å². The predicted molar refractivity (Wildman–Crippen MR) is 255 cm³/mol. The van der Waals surface area contributed by atoms with Crippen molar-refractivity contribution < 1.29 is 48.3 Å². The molecule has 0 aliphatic rings. The molecule has 19 nitrogen and oxygen atoms in total. The Morgan fingerprint density at radius 3 is 1.48 bits per heavy atom. The fraction of sp³-hybridized carbons (Fsp3) is 0.786. The molecule has 0 fully saturated rings. The second kappa shape index (κ2) is 32.0. The van der Waals surface area contributed by atoms with Crippen LogP contribution in [0.15, 0.2) is 0 Å². The molecule has 22 heteroatoms. The number of thiol groups is 1. The van der Waals surface area contributed by atoms with Gasteiger partial charge in [-0.15, -0.1) is 0 Å². The number of nitrogens with two attached hydrogens (primary N) is 1. The fourth-order valence-corrected chi connectivity index (χ4v) is 7.36. The minimum atomic E-state index is -1.20. The monoisotopic (exact) mass is 963 g/mol. The summed E-state index contributed by atoms with van der Waals surface area (Å²) >= 11 is 7.13. The van der Waals surface area contributed by atoms with E-state index < -0.39 is 114 Å². The van der Waals surface area contributed by atoms with Gasteiger partial charge in [-0.05, 0) is 80.3 Å². The van der Waals surface area contributed by atoms with Crippen LogP contribution in [-0.2, 0) is 43.2 Å². The molecule has 0 unspecified atom stereocenters. The zero-order valence-electron chi connectivity index (χ0n) is 39.5. The van der Waals surface area contributed by atoms with E-state index in [0.29, 0.717) is 30.8 Å². The summed E-state index contributed by atoms with van der Waals surface area (Å²) in [7, 11) is 0. The molecule has 0 aliphatic carbocycles. The Morgan fingerprint density at radius 1 is 0.547 bits per heavy atom. The number of rotatable bonds is 32. The summed E-state index contributed by atoms with van der Waals surface area (Å²) in [6, 6.07) is -8.64. The van der Waals surface area contributed by atoms with Crippen LogP contribution in [0.2, 0.25) is 0 Å². The number of thioether (sulfide) groups is 2. The highest BCUT2D eigenvalue weighted by molar-refractivity contribution is 7.98. The Hall–Kier alpha value is -3.76. The first-order chi connectivity index (χ1) is 30.0. The molecule has 0 saturated carbocycles. The summed E-state index contributed by atoms with van der Waals surface area (Å²) in [6.07, 6.45) is 5.66. The fourth-order valence-electron chi connectivity index (χ4n) is 6.16. The van der Waals surface area contributed by atoms with Gasteiger partial charge in [-0.1, -0.05) is 68.2 Å². The van der Waals surface area contributed by atoms with Crippen molar-refractivity contribution in [3.8, 4) is 0 Å². The number of carbonyl (C=O) groups excluding carboxylic acids is 8. The normalized spacial score (nSPS) is 16.0. The standard InChI is InChI=1S/C42H77N9O10S3/c1-12-24(7)33(41(59)51-34(25(8)13-2)40(58)47-29(42(60)61)15-17-64-11)50-32(52)20-44-37(55)30(19-23(5)6)48-35(53)26(9)45-39(57)31(21-62)49-38(56)28(14-16-63-10)46-36(54)27(43)18-22(3)4/h22-31,33-34,62H,12-21,43H2,1-11H3,(H,44,55)(H,45,57)(H,46,54)(H,47,58)(H,48,53)(H,49,56)(H,50,52)(H,51,59)(H,60,61)/t24-,25-,26-,27-,28-,29-,30-,31-,33-,34-/m0/s1. The van der Waals surface area contributed by atoms with Gasteiger partial charge in [0.1, 0.15) is 42.3 Å². The Kier molecular flexibility index (Phi) is 30.1. The number of aliphatic carboxylic acids is 1. The molecule has 0 heterocycles. The van der Waals surface area contributed by atoms with E-state index in [1.54, 1.807) is 13.8 Å². The molecule has 368 valence electrons. The summed E-state index contributed by atoms with van der Waals surface area (Å²) in [5.74, 6) is -6.32. The number of hydrogen-bond acceptors (Lipinski definition) is 13. The van der Waals surface area contributed by atoms with Crippen LogP contribution in [-0.4, -0.2) is 143 Å². The quantitative estimate of drug-likeness (QED) is 0.0412. The predicted octanol–water partition coefficient (Wildman–Crippen LogP) is 0.548. The number of amides is 8. The van der Waals surface area contributed by atoms with E-state index in [4.69, 9.17) is 5.73 Å². The second-order valence-corrected chi connectivity index (χ2v) is 19.3. The van der Waals surface area contributed by atoms with Crippen molar-refractivity contribution in [2.24, 2.45) is 29.4 Å². The Balaban J connectivity index is 5.78. The molecule has 8 amide bonds. The van der Waals surface area contributed by atoms with Crippen LogP contribution < -0.4 is 48.3 Å². The molecule has 0 aromatic rings. The van der Waals surface area contributed by atoms with Gasteiger partial charge in [-0.2, -0.15) is 36.2 Å². The highest BCUT2D eigenvalue weighted by atomic mass is 32.2. The smallest absolute Gasteiger partial charge is 0.326 e. The third-order valence-corrected chi connectivity index (χ3v) is 12.1. The van der Waals surface area contributed by atoms with Crippen LogP contribution in [0.5, 0.6) is 0 Å². The van der Waals surface area contributed by atoms with Crippen LogP contribution in [0.25, 0.3) is 0 Å². The van der Waals surface area contributed by atoms with Gasteiger partial charge in [0.2, 0.25) is 47.3 Å². The maximum atomic E-state index is 13.7. The zero-order valence-corrected chi connectivity index (χ0v) is 42.0. The lowest BCUT2D eigenvalue weighted by atomic mass is 9.94. The van der Waals surface area contributed by atoms with Gasteiger partial charge in [0.25, 0.3) is 0 Å². The Bertz CT molecular complexity index is 1540. The van der Waals surface area contributed by atoms with E-state index in [0.717, 1.165) is 0 Å². The lowest BCUT2D eigenvalue weighted by Gasteiger charge is -2.29. The summed E-state index contributed by atoms with van der Waals surface area (Å²) in [6.45, 7) is 15.4. The molecule has 0 spiro atoms. The average Bonchev–Trinajstić information content (AvgIpc) is 3.23. The Morgan fingerprint density at radius 2 is 1.00 bits per heavy atom. The first-order valence-corrected chi connectivity index (χ1v) is 25.4. The first kappa shape index (κ1) is 60.2. The molecule has 0 saturated heterocycles. The van der Waals surface area contributed by atoms with E-state index in [1.165, 1.54) is 30.4 Å². The SMILES string of the molecule is CC[C@H](C)[C@H](NC(=O)CNC(=O)[C@H](CC(C)C)NC(=O)[C@H](C)NC(=O)[C@H](CS)NC(=O)[C@H](CCSC)NC(=O)[C@@H](N)CC(C)C)C(=O)N[C@H](C(=O)N[C@@H](CCSC)C(=O)O)[C@@H](C)CC. The van der Waals surface area contributed by atoms with Crippen LogP contribution in [0, 0.1) is 23.7 Å². The molecule has 0 aromatic carbocycles.